The lowest BCUT2D eigenvalue weighted by Crippen LogP contribution is -2.34. The SMILES string of the molecule is CC1CN(c2ccc(CO)cc2[N+](=O)[O-])CC1N(C)C. The Bertz CT molecular complexity index is 504. The zero-order valence-corrected chi connectivity index (χ0v) is 12.1. The van der Waals surface area contributed by atoms with Crippen LogP contribution in [0.2, 0.25) is 0 Å². The van der Waals surface area contributed by atoms with Gasteiger partial charge in [0, 0.05) is 25.2 Å². The number of aliphatic hydroxyl groups excluding tert-OH is 1. The third-order valence-electron chi connectivity index (χ3n) is 4.00. The Hall–Kier alpha value is -1.66. The highest BCUT2D eigenvalue weighted by atomic mass is 16.6. The number of anilines is 1. The predicted octanol–water partition coefficient (Wildman–Crippen LogP) is 1.47. The van der Waals surface area contributed by atoms with Gasteiger partial charge in [-0.3, -0.25) is 10.1 Å². The molecule has 1 heterocycles. The molecule has 0 radical (unpaired) electrons. The van der Waals surface area contributed by atoms with Gasteiger partial charge in [0.05, 0.1) is 11.5 Å². The van der Waals surface area contributed by atoms with Crippen LogP contribution in [0.5, 0.6) is 0 Å². The molecule has 1 aliphatic heterocycles. The van der Waals surface area contributed by atoms with Crippen molar-refractivity contribution in [3.05, 3.63) is 33.9 Å². The van der Waals surface area contributed by atoms with E-state index in [9.17, 15) is 10.1 Å². The van der Waals surface area contributed by atoms with Gasteiger partial charge in [0.15, 0.2) is 0 Å². The van der Waals surface area contributed by atoms with Crippen LogP contribution in [-0.2, 0) is 6.61 Å². The van der Waals surface area contributed by atoms with Crippen molar-refractivity contribution in [3.63, 3.8) is 0 Å². The van der Waals surface area contributed by atoms with Gasteiger partial charge in [-0.1, -0.05) is 13.0 Å². The van der Waals surface area contributed by atoms with Crippen molar-refractivity contribution in [2.45, 2.75) is 19.6 Å². The van der Waals surface area contributed by atoms with Crippen LogP contribution in [0.15, 0.2) is 18.2 Å². The van der Waals surface area contributed by atoms with E-state index in [1.54, 1.807) is 12.1 Å². The van der Waals surface area contributed by atoms with Crippen molar-refractivity contribution in [1.82, 2.24) is 4.90 Å². The summed E-state index contributed by atoms with van der Waals surface area (Å²) in [7, 11) is 4.07. The van der Waals surface area contributed by atoms with Crippen molar-refractivity contribution < 1.29 is 10.0 Å². The normalized spacial score (nSPS) is 22.6. The quantitative estimate of drug-likeness (QED) is 0.667. The molecule has 0 bridgehead atoms. The van der Waals surface area contributed by atoms with Crippen LogP contribution in [0.1, 0.15) is 12.5 Å². The van der Waals surface area contributed by atoms with E-state index in [1.807, 2.05) is 14.1 Å². The summed E-state index contributed by atoms with van der Waals surface area (Å²) in [6, 6.07) is 5.35. The molecule has 110 valence electrons. The van der Waals surface area contributed by atoms with Gasteiger partial charge in [0.2, 0.25) is 0 Å². The molecule has 0 amide bonds. The summed E-state index contributed by atoms with van der Waals surface area (Å²) in [5.74, 6) is 0.460. The smallest absolute Gasteiger partial charge is 0.292 e. The third-order valence-corrected chi connectivity index (χ3v) is 4.00. The largest absolute Gasteiger partial charge is 0.392 e. The third kappa shape index (κ3) is 2.76. The van der Waals surface area contributed by atoms with Gasteiger partial charge in [-0.15, -0.1) is 0 Å². The Balaban J connectivity index is 2.32. The highest BCUT2D eigenvalue weighted by Crippen LogP contribution is 2.33. The minimum absolute atomic E-state index is 0.0724. The molecule has 0 spiro atoms. The average Bonchev–Trinajstić information content (AvgIpc) is 2.80. The molecule has 1 fully saturated rings. The van der Waals surface area contributed by atoms with E-state index in [0.29, 0.717) is 23.2 Å². The maximum absolute atomic E-state index is 11.2. The van der Waals surface area contributed by atoms with Gasteiger partial charge >= 0.3 is 0 Å². The van der Waals surface area contributed by atoms with Crippen molar-refractivity contribution >= 4 is 11.4 Å². The second-order valence-corrected chi connectivity index (χ2v) is 5.65. The molecule has 0 saturated carbocycles. The fourth-order valence-corrected chi connectivity index (χ4v) is 2.90. The molecule has 2 rings (SSSR count). The first-order valence-corrected chi connectivity index (χ1v) is 6.73. The molecular weight excluding hydrogens is 258 g/mol. The Morgan fingerprint density at radius 2 is 2.15 bits per heavy atom. The molecule has 20 heavy (non-hydrogen) atoms. The second-order valence-electron chi connectivity index (χ2n) is 5.65. The van der Waals surface area contributed by atoms with Crippen LogP contribution in [0.3, 0.4) is 0 Å². The highest BCUT2D eigenvalue weighted by Gasteiger charge is 2.33. The average molecular weight is 279 g/mol. The van der Waals surface area contributed by atoms with Crippen LogP contribution in [0.25, 0.3) is 0 Å². The van der Waals surface area contributed by atoms with Gasteiger partial charge < -0.3 is 14.9 Å². The van der Waals surface area contributed by atoms with E-state index >= 15 is 0 Å². The molecule has 1 N–H and O–H groups in total. The summed E-state index contributed by atoms with van der Waals surface area (Å²) in [4.78, 5) is 15.1. The lowest BCUT2D eigenvalue weighted by atomic mass is 10.1. The van der Waals surface area contributed by atoms with Gasteiger partial charge in [-0.25, -0.2) is 0 Å². The molecule has 1 saturated heterocycles. The van der Waals surface area contributed by atoms with E-state index < -0.39 is 0 Å². The standard InChI is InChI=1S/C14H21N3O3/c1-10-7-16(8-14(10)15(2)3)12-5-4-11(9-18)6-13(12)17(19)20/h4-6,10,14,18H,7-9H2,1-3H3. The number of likely N-dealkylation sites (N-methyl/N-ethyl adjacent to an activating group) is 1. The summed E-state index contributed by atoms with van der Waals surface area (Å²) in [5, 5.41) is 20.3. The molecule has 1 aromatic rings. The summed E-state index contributed by atoms with van der Waals surface area (Å²) in [5.41, 5.74) is 1.28. The van der Waals surface area contributed by atoms with Gasteiger partial charge in [-0.05, 0) is 31.6 Å². The van der Waals surface area contributed by atoms with Crippen LogP contribution < -0.4 is 4.90 Å². The molecular formula is C14H21N3O3. The fourth-order valence-electron chi connectivity index (χ4n) is 2.90. The van der Waals surface area contributed by atoms with Crippen LogP contribution in [0.4, 0.5) is 11.4 Å². The summed E-state index contributed by atoms with van der Waals surface area (Å²) < 4.78 is 0. The van der Waals surface area contributed by atoms with Crippen molar-refractivity contribution in [2.75, 3.05) is 32.1 Å². The molecule has 2 atom stereocenters. The molecule has 6 heteroatoms. The lowest BCUT2D eigenvalue weighted by Gasteiger charge is -2.23. The number of aliphatic hydroxyl groups is 1. The first-order chi connectivity index (χ1) is 9.43. The molecule has 1 aliphatic rings. The summed E-state index contributed by atoms with van der Waals surface area (Å²) in [6.45, 7) is 3.58. The maximum atomic E-state index is 11.2. The van der Waals surface area contributed by atoms with E-state index in [2.05, 4.69) is 16.7 Å². The molecule has 0 aliphatic carbocycles. The topological polar surface area (TPSA) is 69.8 Å². The molecule has 6 nitrogen and oxygen atoms in total. The first-order valence-electron chi connectivity index (χ1n) is 6.73. The van der Waals surface area contributed by atoms with E-state index in [4.69, 9.17) is 5.11 Å². The monoisotopic (exact) mass is 279 g/mol. The number of rotatable bonds is 4. The van der Waals surface area contributed by atoms with Crippen molar-refractivity contribution in [2.24, 2.45) is 5.92 Å². The number of benzene rings is 1. The molecule has 1 aromatic carbocycles. The second kappa shape index (κ2) is 5.76. The van der Waals surface area contributed by atoms with Gasteiger partial charge in [0.1, 0.15) is 5.69 Å². The van der Waals surface area contributed by atoms with Gasteiger partial charge in [0.25, 0.3) is 5.69 Å². The Morgan fingerprint density at radius 1 is 1.45 bits per heavy atom. The zero-order valence-electron chi connectivity index (χ0n) is 12.1. The Morgan fingerprint density at radius 3 is 2.65 bits per heavy atom. The van der Waals surface area contributed by atoms with Crippen molar-refractivity contribution in [3.8, 4) is 0 Å². The van der Waals surface area contributed by atoms with Crippen LogP contribution in [-0.4, -0.2) is 48.2 Å². The summed E-state index contributed by atoms with van der Waals surface area (Å²) in [6.07, 6.45) is 0. The lowest BCUT2D eigenvalue weighted by molar-refractivity contribution is -0.384. The van der Waals surface area contributed by atoms with Crippen molar-refractivity contribution in [1.29, 1.82) is 0 Å². The minimum atomic E-state index is -0.373. The Kier molecular flexibility index (Phi) is 4.25. The number of nitro groups is 1. The Labute approximate surface area is 118 Å². The molecule has 2 unspecified atom stereocenters. The van der Waals surface area contributed by atoms with E-state index in [1.165, 1.54) is 6.07 Å². The first kappa shape index (κ1) is 14.7. The zero-order chi connectivity index (χ0) is 14.9. The van der Waals surface area contributed by atoms with Crippen LogP contribution >= 0.6 is 0 Å². The van der Waals surface area contributed by atoms with Crippen LogP contribution in [0, 0.1) is 16.0 Å². The predicted molar refractivity (Wildman–Crippen MR) is 77.9 cm³/mol. The molecule has 0 aromatic heterocycles. The summed E-state index contributed by atoms with van der Waals surface area (Å²) >= 11 is 0. The van der Waals surface area contributed by atoms with E-state index in [-0.39, 0.29) is 17.2 Å². The fraction of sp³-hybridized carbons (Fsp3) is 0.571. The van der Waals surface area contributed by atoms with Gasteiger partial charge in [-0.2, -0.15) is 0 Å². The maximum Gasteiger partial charge on any atom is 0.292 e. The number of hydrogen-bond donors (Lipinski definition) is 1. The van der Waals surface area contributed by atoms with E-state index in [0.717, 1.165) is 13.1 Å². The number of nitrogens with zero attached hydrogens (tertiary/aromatic N) is 3. The minimum Gasteiger partial charge on any atom is -0.392 e. The number of nitro benzene ring substituents is 1. The number of hydrogen-bond acceptors (Lipinski definition) is 5. The highest BCUT2D eigenvalue weighted by molar-refractivity contribution is 5.65.